The summed E-state index contributed by atoms with van der Waals surface area (Å²) >= 11 is 1.47. The molecule has 1 aromatic heterocycles. The minimum Gasteiger partial charge on any atom is -0.393 e. The van der Waals surface area contributed by atoms with Gasteiger partial charge in [0.25, 0.3) is 0 Å². The molecule has 24 heavy (non-hydrogen) atoms. The van der Waals surface area contributed by atoms with Crippen molar-refractivity contribution < 1.29 is 9.90 Å². The lowest BCUT2D eigenvalue weighted by molar-refractivity contribution is 0.102. The SMILES string of the molecule is CC(=O)c1ccc(-c2ccc(C#N)c(NC3CCC(O)CC3)c2)s1. The molecule has 5 heteroatoms. The zero-order chi connectivity index (χ0) is 17.1. The lowest BCUT2D eigenvalue weighted by Crippen LogP contribution is -2.28. The van der Waals surface area contributed by atoms with Crippen LogP contribution in [0.1, 0.15) is 47.8 Å². The summed E-state index contributed by atoms with van der Waals surface area (Å²) in [7, 11) is 0. The van der Waals surface area contributed by atoms with Crippen molar-refractivity contribution in [2.24, 2.45) is 0 Å². The van der Waals surface area contributed by atoms with Gasteiger partial charge < -0.3 is 10.4 Å². The number of nitrogens with one attached hydrogen (secondary N) is 1. The number of carbonyl (C=O) groups excluding carboxylic acids is 1. The van der Waals surface area contributed by atoms with E-state index in [0.717, 1.165) is 46.7 Å². The quantitative estimate of drug-likeness (QED) is 0.818. The fourth-order valence-corrected chi connectivity index (χ4v) is 3.93. The molecule has 0 aliphatic heterocycles. The molecule has 4 nitrogen and oxygen atoms in total. The summed E-state index contributed by atoms with van der Waals surface area (Å²) in [5.41, 5.74) is 2.45. The summed E-state index contributed by atoms with van der Waals surface area (Å²) in [6.07, 6.45) is 3.21. The highest BCUT2D eigenvalue weighted by atomic mass is 32.1. The maximum absolute atomic E-state index is 11.5. The Balaban J connectivity index is 1.85. The molecule has 0 bridgehead atoms. The van der Waals surface area contributed by atoms with E-state index in [-0.39, 0.29) is 17.9 Å². The average Bonchev–Trinajstić information content (AvgIpc) is 3.07. The highest BCUT2D eigenvalue weighted by Crippen LogP contribution is 2.32. The van der Waals surface area contributed by atoms with Crippen molar-refractivity contribution in [3.63, 3.8) is 0 Å². The predicted octanol–water partition coefficient (Wildman–Crippen LogP) is 4.20. The Morgan fingerprint density at radius 1 is 1.25 bits per heavy atom. The van der Waals surface area contributed by atoms with Crippen molar-refractivity contribution in [1.29, 1.82) is 5.26 Å². The van der Waals surface area contributed by atoms with Crippen LogP contribution in [-0.2, 0) is 0 Å². The molecule has 0 spiro atoms. The van der Waals surface area contributed by atoms with E-state index in [1.165, 1.54) is 11.3 Å². The molecule has 1 aliphatic rings. The normalized spacial score (nSPS) is 20.4. The molecule has 1 heterocycles. The van der Waals surface area contributed by atoms with E-state index < -0.39 is 0 Å². The largest absolute Gasteiger partial charge is 0.393 e. The van der Waals surface area contributed by atoms with Crippen LogP contribution < -0.4 is 5.32 Å². The molecule has 0 unspecified atom stereocenters. The average molecular weight is 340 g/mol. The summed E-state index contributed by atoms with van der Waals surface area (Å²) in [6, 6.07) is 12.0. The number of rotatable bonds is 4. The van der Waals surface area contributed by atoms with Crippen LogP contribution in [0.5, 0.6) is 0 Å². The summed E-state index contributed by atoms with van der Waals surface area (Å²) in [5, 5.41) is 22.4. The number of nitriles is 1. The number of hydrogen-bond acceptors (Lipinski definition) is 5. The van der Waals surface area contributed by atoms with Gasteiger partial charge in [0.15, 0.2) is 5.78 Å². The Morgan fingerprint density at radius 2 is 2.00 bits per heavy atom. The molecule has 3 rings (SSSR count). The minimum absolute atomic E-state index is 0.0685. The molecule has 1 fully saturated rings. The molecule has 1 saturated carbocycles. The second-order valence-electron chi connectivity index (χ2n) is 6.24. The third kappa shape index (κ3) is 3.66. The van der Waals surface area contributed by atoms with Crippen molar-refractivity contribution in [3.8, 4) is 16.5 Å². The van der Waals surface area contributed by atoms with Crippen LogP contribution in [0.4, 0.5) is 5.69 Å². The topological polar surface area (TPSA) is 73.1 Å². The van der Waals surface area contributed by atoms with Gasteiger partial charge >= 0.3 is 0 Å². The molecular formula is C19H20N2O2S. The van der Waals surface area contributed by atoms with Crippen LogP contribution in [-0.4, -0.2) is 23.0 Å². The minimum atomic E-state index is -0.194. The van der Waals surface area contributed by atoms with Gasteiger partial charge in [-0.3, -0.25) is 4.79 Å². The van der Waals surface area contributed by atoms with Crippen molar-refractivity contribution in [1.82, 2.24) is 0 Å². The molecule has 0 amide bonds. The molecule has 1 aliphatic carbocycles. The zero-order valence-corrected chi connectivity index (χ0v) is 14.4. The smallest absolute Gasteiger partial charge is 0.169 e. The van der Waals surface area contributed by atoms with Crippen molar-refractivity contribution in [2.45, 2.75) is 44.8 Å². The Labute approximate surface area is 145 Å². The number of Topliss-reactive ketones (excluding diaryl/α,β-unsaturated/α-hetero) is 1. The number of hydrogen-bond donors (Lipinski definition) is 2. The number of nitrogens with zero attached hydrogens (tertiary/aromatic N) is 1. The molecule has 1 aromatic carbocycles. The second kappa shape index (κ2) is 7.16. The van der Waals surface area contributed by atoms with Gasteiger partial charge in [0.1, 0.15) is 6.07 Å². The molecule has 0 radical (unpaired) electrons. The molecule has 0 saturated heterocycles. The summed E-state index contributed by atoms with van der Waals surface area (Å²) in [4.78, 5) is 13.2. The lowest BCUT2D eigenvalue weighted by atomic mass is 9.92. The lowest BCUT2D eigenvalue weighted by Gasteiger charge is -2.27. The Morgan fingerprint density at radius 3 is 2.62 bits per heavy atom. The van der Waals surface area contributed by atoms with Gasteiger partial charge in [-0.1, -0.05) is 6.07 Å². The number of benzene rings is 1. The molecule has 2 N–H and O–H groups in total. The molecular weight excluding hydrogens is 320 g/mol. The van der Waals surface area contributed by atoms with Crippen LogP contribution in [0.15, 0.2) is 30.3 Å². The fraction of sp³-hybridized carbons (Fsp3) is 0.368. The van der Waals surface area contributed by atoms with Gasteiger partial charge in [0.2, 0.25) is 0 Å². The van der Waals surface area contributed by atoms with Gasteiger partial charge in [-0.05, 0) is 62.4 Å². The maximum atomic E-state index is 11.5. The molecule has 124 valence electrons. The van der Waals surface area contributed by atoms with E-state index in [1.807, 2.05) is 30.3 Å². The molecule has 2 aromatic rings. The number of aliphatic hydroxyl groups excluding tert-OH is 1. The number of carbonyl (C=O) groups is 1. The van der Waals surface area contributed by atoms with Crippen molar-refractivity contribution >= 4 is 22.8 Å². The van der Waals surface area contributed by atoms with Crippen molar-refractivity contribution in [3.05, 3.63) is 40.8 Å². The number of ketones is 1. The Kier molecular flexibility index (Phi) is 4.98. The maximum Gasteiger partial charge on any atom is 0.169 e. The van der Waals surface area contributed by atoms with Crippen molar-refractivity contribution in [2.75, 3.05) is 5.32 Å². The first-order valence-electron chi connectivity index (χ1n) is 8.16. The summed E-state index contributed by atoms with van der Waals surface area (Å²) < 4.78 is 0. The van der Waals surface area contributed by atoms with E-state index >= 15 is 0 Å². The van der Waals surface area contributed by atoms with Gasteiger partial charge in [-0.15, -0.1) is 11.3 Å². The van der Waals surface area contributed by atoms with Crippen LogP contribution in [0, 0.1) is 11.3 Å². The van der Waals surface area contributed by atoms with Gasteiger partial charge in [0.05, 0.1) is 22.2 Å². The number of anilines is 1. The van der Waals surface area contributed by atoms with E-state index in [0.29, 0.717) is 5.56 Å². The first-order chi connectivity index (χ1) is 11.6. The van der Waals surface area contributed by atoms with Crippen LogP contribution in [0.25, 0.3) is 10.4 Å². The van der Waals surface area contributed by atoms with Gasteiger partial charge in [-0.25, -0.2) is 0 Å². The fourth-order valence-electron chi connectivity index (χ4n) is 3.04. The predicted molar refractivity (Wildman–Crippen MR) is 96.4 cm³/mol. The number of aliphatic hydroxyl groups is 1. The van der Waals surface area contributed by atoms with Gasteiger partial charge in [0, 0.05) is 10.9 Å². The van der Waals surface area contributed by atoms with Crippen LogP contribution in [0.3, 0.4) is 0 Å². The van der Waals surface area contributed by atoms with Crippen LogP contribution in [0.2, 0.25) is 0 Å². The van der Waals surface area contributed by atoms with E-state index in [9.17, 15) is 15.2 Å². The van der Waals surface area contributed by atoms with E-state index in [1.54, 1.807) is 6.92 Å². The first kappa shape index (κ1) is 16.7. The third-order valence-corrected chi connectivity index (χ3v) is 5.67. The highest BCUT2D eigenvalue weighted by molar-refractivity contribution is 7.17. The monoisotopic (exact) mass is 340 g/mol. The zero-order valence-electron chi connectivity index (χ0n) is 13.6. The highest BCUT2D eigenvalue weighted by Gasteiger charge is 2.20. The first-order valence-corrected chi connectivity index (χ1v) is 8.98. The summed E-state index contributed by atoms with van der Waals surface area (Å²) in [5.74, 6) is 0.0685. The standard InChI is InChI=1S/C19H20N2O2S/c1-12(22)18-8-9-19(24-18)13-2-3-14(11-20)17(10-13)21-15-4-6-16(23)7-5-15/h2-3,8-10,15-16,21,23H,4-7H2,1H3. The van der Waals surface area contributed by atoms with E-state index in [2.05, 4.69) is 11.4 Å². The molecule has 0 atom stereocenters. The van der Waals surface area contributed by atoms with Gasteiger partial charge in [-0.2, -0.15) is 5.26 Å². The Bertz CT molecular complexity index is 783. The van der Waals surface area contributed by atoms with Crippen LogP contribution >= 0.6 is 11.3 Å². The number of thiophene rings is 1. The summed E-state index contributed by atoms with van der Waals surface area (Å²) in [6.45, 7) is 1.57. The second-order valence-corrected chi connectivity index (χ2v) is 7.33. The Hall–Kier alpha value is -2.16. The van der Waals surface area contributed by atoms with E-state index in [4.69, 9.17) is 0 Å². The third-order valence-electron chi connectivity index (χ3n) is 4.43.